The number of fused-ring (bicyclic) bond motifs is 1. The molecule has 0 N–H and O–H groups in total. The Bertz CT molecular complexity index is 2140. The van der Waals surface area contributed by atoms with Gasteiger partial charge in [-0.25, -0.2) is 4.98 Å². The topological polar surface area (TPSA) is 109 Å². The van der Waals surface area contributed by atoms with Crippen molar-refractivity contribution in [2.75, 3.05) is 60.7 Å². The van der Waals surface area contributed by atoms with E-state index in [2.05, 4.69) is 4.90 Å². The molecular formula is C43H47F3N4O7. The van der Waals surface area contributed by atoms with Crippen molar-refractivity contribution < 1.29 is 46.1 Å². The smallest absolute Gasteiger partial charge is 0.416 e. The molecule has 302 valence electrons. The van der Waals surface area contributed by atoms with Crippen LogP contribution in [0.25, 0.3) is 11.0 Å². The molecule has 5 aromatic rings. The fourth-order valence-corrected chi connectivity index (χ4v) is 8.22. The summed E-state index contributed by atoms with van der Waals surface area (Å²) in [5.41, 5.74) is 1.44. The number of carbonyl (C=O) groups excluding carboxylic acids is 2. The zero-order valence-electron chi connectivity index (χ0n) is 32.3. The fourth-order valence-electron chi connectivity index (χ4n) is 8.22. The van der Waals surface area contributed by atoms with E-state index in [0.29, 0.717) is 107 Å². The van der Waals surface area contributed by atoms with Crippen molar-refractivity contribution in [3.63, 3.8) is 0 Å². The summed E-state index contributed by atoms with van der Waals surface area (Å²) in [5.74, 6) is 1.79. The SMILES string of the molecule is COc1cc(C(=O)N2CCC(CCN3CCC(C(=O)c4nc5ccccc5n4CCOCc4ccco4)CC3)(c3ccc(C(F)(F)F)cc3)C2)cc(OC)c1OC. The highest BCUT2D eigenvalue weighted by Gasteiger charge is 2.43. The number of carbonyl (C=O) groups is 2. The quantitative estimate of drug-likeness (QED) is 0.0781. The summed E-state index contributed by atoms with van der Waals surface area (Å²) < 4.78 is 70.3. The molecule has 1 unspecified atom stereocenters. The lowest BCUT2D eigenvalue weighted by atomic mass is 9.76. The number of para-hydroxylation sites is 2. The molecule has 14 heteroatoms. The number of piperidine rings is 1. The Hall–Kier alpha value is -5.34. The lowest BCUT2D eigenvalue weighted by molar-refractivity contribution is -0.137. The third kappa shape index (κ3) is 8.52. The van der Waals surface area contributed by atoms with Gasteiger partial charge in [-0.2, -0.15) is 13.2 Å². The lowest BCUT2D eigenvalue weighted by Gasteiger charge is -2.36. The second-order valence-corrected chi connectivity index (χ2v) is 14.7. The third-order valence-electron chi connectivity index (χ3n) is 11.4. The number of hydrogen-bond donors (Lipinski definition) is 0. The van der Waals surface area contributed by atoms with E-state index in [1.807, 2.05) is 41.0 Å². The standard InChI is InChI=1S/C43H47F3N4O7/c1-53-36-25-30(26-37(54-2)39(36)55-3)41(52)49-21-17-42(28-49,31-10-12-32(13-11-31)43(44,45)46)16-20-48-18-14-29(15-19-48)38(51)40-47-34-8-4-5-9-35(34)50(40)22-24-56-27-33-7-6-23-57-33/h4-13,23,25-26,29H,14-22,24,27-28H2,1-3H3. The monoisotopic (exact) mass is 788 g/mol. The second kappa shape index (κ2) is 17.0. The van der Waals surface area contributed by atoms with Gasteiger partial charge < -0.3 is 37.7 Å². The van der Waals surface area contributed by atoms with Gasteiger partial charge in [0.2, 0.25) is 11.5 Å². The number of ketones is 1. The molecule has 2 saturated heterocycles. The number of imidazole rings is 1. The Kier molecular flexibility index (Phi) is 11.9. The number of hydrogen-bond acceptors (Lipinski definition) is 9. The summed E-state index contributed by atoms with van der Waals surface area (Å²) in [6.07, 6.45) is -0.371. The van der Waals surface area contributed by atoms with Crippen LogP contribution in [0.15, 0.2) is 83.5 Å². The molecule has 3 aromatic carbocycles. The number of ether oxygens (including phenoxy) is 4. The summed E-state index contributed by atoms with van der Waals surface area (Å²) >= 11 is 0. The van der Waals surface area contributed by atoms with Crippen LogP contribution in [-0.2, 0) is 29.5 Å². The summed E-state index contributed by atoms with van der Waals surface area (Å²) in [5, 5.41) is 0. The van der Waals surface area contributed by atoms with Gasteiger partial charge in [0.1, 0.15) is 12.4 Å². The molecule has 2 aromatic heterocycles. The Balaban J connectivity index is 1.03. The summed E-state index contributed by atoms with van der Waals surface area (Å²) in [6, 6.07) is 19.9. The van der Waals surface area contributed by atoms with Crippen LogP contribution in [0.3, 0.4) is 0 Å². The van der Waals surface area contributed by atoms with Crippen molar-refractivity contribution in [3.05, 3.63) is 107 Å². The first-order valence-electron chi connectivity index (χ1n) is 19.1. The van der Waals surface area contributed by atoms with Crippen LogP contribution in [0.5, 0.6) is 17.2 Å². The number of likely N-dealkylation sites (tertiary alicyclic amines) is 2. The minimum absolute atomic E-state index is 0.00912. The highest BCUT2D eigenvalue weighted by atomic mass is 19.4. The van der Waals surface area contributed by atoms with Gasteiger partial charge in [0.05, 0.1) is 50.8 Å². The molecule has 2 aliphatic rings. The van der Waals surface area contributed by atoms with E-state index in [1.54, 1.807) is 35.4 Å². The van der Waals surface area contributed by atoms with Gasteiger partial charge in [-0.1, -0.05) is 24.3 Å². The van der Waals surface area contributed by atoms with E-state index >= 15 is 0 Å². The number of rotatable bonds is 15. The lowest BCUT2D eigenvalue weighted by Crippen LogP contribution is -2.41. The van der Waals surface area contributed by atoms with Crippen molar-refractivity contribution in [2.45, 2.75) is 50.4 Å². The first-order chi connectivity index (χ1) is 27.5. The molecule has 57 heavy (non-hydrogen) atoms. The molecule has 1 amide bonds. The van der Waals surface area contributed by atoms with E-state index in [4.69, 9.17) is 28.3 Å². The van der Waals surface area contributed by atoms with Crippen LogP contribution in [0, 0.1) is 5.92 Å². The highest BCUT2D eigenvalue weighted by Crippen LogP contribution is 2.42. The van der Waals surface area contributed by atoms with Crippen molar-refractivity contribution in [1.82, 2.24) is 19.4 Å². The van der Waals surface area contributed by atoms with Crippen LogP contribution in [0.1, 0.15) is 63.5 Å². The Morgan fingerprint density at radius 1 is 0.895 bits per heavy atom. The summed E-state index contributed by atoms with van der Waals surface area (Å²) in [4.78, 5) is 36.9. The van der Waals surface area contributed by atoms with Gasteiger partial charge in [0.25, 0.3) is 5.91 Å². The van der Waals surface area contributed by atoms with Gasteiger partial charge in [-0.3, -0.25) is 9.59 Å². The maximum absolute atomic E-state index is 14.1. The zero-order valence-corrected chi connectivity index (χ0v) is 32.3. The molecule has 2 fully saturated rings. The molecule has 0 bridgehead atoms. The van der Waals surface area contributed by atoms with Gasteiger partial charge >= 0.3 is 6.18 Å². The van der Waals surface area contributed by atoms with Crippen LogP contribution < -0.4 is 14.2 Å². The number of Topliss-reactive ketones (excluding diaryl/α,β-unsaturated/α-hetero) is 1. The van der Waals surface area contributed by atoms with Crippen LogP contribution in [0.2, 0.25) is 0 Å². The van der Waals surface area contributed by atoms with Gasteiger partial charge in [-0.15, -0.1) is 0 Å². The average molecular weight is 789 g/mol. The van der Waals surface area contributed by atoms with Gasteiger partial charge in [-0.05, 0) is 99.4 Å². The Morgan fingerprint density at radius 2 is 1.61 bits per heavy atom. The summed E-state index contributed by atoms with van der Waals surface area (Å²) in [7, 11) is 4.45. The van der Waals surface area contributed by atoms with Gasteiger partial charge in [0.15, 0.2) is 17.3 Å². The molecule has 11 nitrogen and oxygen atoms in total. The van der Waals surface area contributed by atoms with Crippen LogP contribution in [-0.4, -0.2) is 91.7 Å². The van der Waals surface area contributed by atoms with Crippen molar-refractivity contribution in [2.24, 2.45) is 5.92 Å². The number of aromatic nitrogens is 2. The molecule has 4 heterocycles. The molecule has 7 rings (SSSR count). The van der Waals surface area contributed by atoms with Gasteiger partial charge in [0, 0.05) is 36.5 Å². The maximum atomic E-state index is 14.1. The largest absolute Gasteiger partial charge is 0.493 e. The zero-order chi connectivity index (χ0) is 40.2. The van der Waals surface area contributed by atoms with E-state index in [-0.39, 0.29) is 17.6 Å². The predicted octanol–water partition coefficient (Wildman–Crippen LogP) is 7.66. The minimum Gasteiger partial charge on any atom is -0.493 e. The molecule has 2 aliphatic heterocycles. The number of methoxy groups -OCH3 is 3. The van der Waals surface area contributed by atoms with E-state index in [0.717, 1.165) is 34.5 Å². The first kappa shape index (κ1) is 39.9. The number of nitrogens with zero attached hydrogens (tertiary/aromatic N) is 4. The second-order valence-electron chi connectivity index (χ2n) is 14.7. The van der Waals surface area contributed by atoms with Crippen molar-refractivity contribution >= 4 is 22.7 Å². The van der Waals surface area contributed by atoms with Crippen molar-refractivity contribution in [1.29, 1.82) is 0 Å². The van der Waals surface area contributed by atoms with Crippen LogP contribution >= 0.6 is 0 Å². The highest BCUT2D eigenvalue weighted by molar-refractivity contribution is 5.98. The predicted molar refractivity (Wildman–Crippen MR) is 206 cm³/mol. The molecule has 1 atom stereocenters. The fraction of sp³-hybridized carbons (Fsp3) is 0.419. The molecule has 0 spiro atoms. The van der Waals surface area contributed by atoms with Crippen molar-refractivity contribution in [3.8, 4) is 17.2 Å². The maximum Gasteiger partial charge on any atom is 0.416 e. The molecule has 0 aliphatic carbocycles. The van der Waals surface area contributed by atoms with E-state index in [9.17, 15) is 22.8 Å². The number of alkyl halides is 3. The van der Waals surface area contributed by atoms with E-state index in [1.165, 1.54) is 21.3 Å². The number of benzene rings is 3. The molecule has 0 radical (unpaired) electrons. The number of amides is 1. The molecule has 0 saturated carbocycles. The van der Waals surface area contributed by atoms with E-state index < -0.39 is 17.2 Å². The Labute approximate surface area is 329 Å². The Morgan fingerprint density at radius 3 is 2.26 bits per heavy atom. The average Bonchev–Trinajstić information content (AvgIpc) is 4.00. The van der Waals surface area contributed by atoms with Crippen LogP contribution in [0.4, 0.5) is 13.2 Å². The number of furan rings is 1. The molecular weight excluding hydrogens is 741 g/mol. The minimum atomic E-state index is -4.46. The third-order valence-corrected chi connectivity index (χ3v) is 11.4. The first-order valence-corrected chi connectivity index (χ1v) is 19.1. The normalized spacial score (nSPS) is 18.0. The number of halogens is 3. The summed E-state index contributed by atoms with van der Waals surface area (Å²) in [6.45, 7) is 3.94.